The van der Waals surface area contributed by atoms with Crippen molar-refractivity contribution in [3.05, 3.63) is 59.2 Å². The highest BCUT2D eigenvalue weighted by molar-refractivity contribution is 6.02. The van der Waals surface area contributed by atoms with E-state index in [0.717, 1.165) is 30.6 Å². The number of hydrogen-bond donors (Lipinski definition) is 1. The molecule has 1 saturated heterocycles. The summed E-state index contributed by atoms with van der Waals surface area (Å²) in [5.74, 6) is -1.09. The first-order chi connectivity index (χ1) is 10.6. The standard InChI is InChI=1S/C18H17NO3/c1-12-15(17(20)19-8-5-9-19)10-14(11-16(12)18(21)22)13-6-3-2-4-7-13/h2-4,6-7,10-11H,5,8-9H2,1H3,(H,21,22). The van der Waals surface area contributed by atoms with Gasteiger partial charge in [0.2, 0.25) is 0 Å². The molecule has 4 nitrogen and oxygen atoms in total. The van der Waals surface area contributed by atoms with Gasteiger partial charge in [-0.25, -0.2) is 4.79 Å². The number of carboxylic acids is 1. The first-order valence-corrected chi connectivity index (χ1v) is 7.30. The van der Waals surface area contributed by atoms with E-state index in [9.17, 15) is 14.7 Å². The molecule has 0 aliphatic carbocycles. The van der Waals surface area contributed by atoms with E-state index in [4.69, 9.17) is 0 Å². The number of hydrogen-bond acceptors (Lipinski definition) is 2. The lowest BCUT2D eigenvalue weighted by Gasteiger charge is -2.31. The van der Waals surface area contributed by atoms with Crippen molar-refractivity contribution in [1.29, 1.82) is 0 Å². The van der Waals surface area contributed by atoms with E-state index >= 15 is 0 Å². The van der Waals surface area contributed by atoms with Gasteiger partial charge in [-0.05, 0) is 42.2 Å². The van der Waals surface area contributed by atoms with Crippen LogP contribution in [0.15, 0.2) is 42.5 Å². The van der Waals surface area contributed by atoms with Gasteiger partial charge < -0.3 is 10.0 Å². The summed E-state index contributed by atoms with van der Waals surface area (Å²) in [6.45, 7) is 3.19. The molecule has 3 rings (SSSR count). The van der Waals surface area contributed by atoms with Crippen LogP contribution in [0.2, 0.25) is 0 Å². The highest BCUT2D eigenvalue weighted by Gasteiger charge is 2.25. The quantitative estimate of drug-likeness (QED) is 0.946. The molecule has 0 radical (unpaired) electrons. The minimum atomic E-state index is -1.01. The van der Waals surface area contributed by atoms with Crippen molar-refractivity contribution >= 4 is 11.9 Å². The van der Waals surface area contributed by atoms with Crippen LogP contribution in [0.4, 0.5) is 0 Å². The number of carboxylic acid groups (broad SMARTS) is 1. The van der Waals surface area contributed by atoms with Crippen molar-refractivity contribution < 1.29 is 14.7 Å². The van der Waals surface area contributed by atoms with E-state index in [0.29, 0.717) is 11.1 Å². The third-order valence-corrected chi connectivity index (χ3v) is 4.12. The molecule has 0 bridgehead atoms. The first-order valence-electron chi connectivity index (χ1n) is 7.30. The number of carbonyl (C=O) groups excluding carboxylic acids is 1. The van der Waals surface area contributed by atoms with Crippen LogP contribution in [0, 0.1) is 6.92 Å². The molecule has 0 atom stereocenters. The lowest BCUT2D eigenvalue weighted by molar-refractivity contribution is 0.0651. The zero-order chi connectivity index (χ0) is 15.7. The molecular weight excluding hydrogens is 278 g/mol. The van der Waals surface area contributed by atoms with Gasteiger partial charge in [0.15, 0.2) is 0 Å². The van der Waals surface area contributed by atoms with Crippen LogP contribution < -0.4 is 0 Å². The summed E-state index contributed by atoms with van der Waals surface area (Å²) in [7, 11) is 0. The third-order valence-electron chi connectivity index (χ3n) is 4.12. The number of carbonyl (C=O) groups is 2. The molecule has 4 heteroatoms. The minimum Gasteiger partial charge on any atom is -0.478 e. The van der Waals surface area contributed by atoms with Crippen LogP contribution in [0.3, 0.4) is 0 Å². The Morgan fingerprint density at radius 3 is 2.18 bits per heavy atom. The molecule has 0 saturated carbocycles. The fraction of sp³-hybridized carbons (Fsp3) is 0.222. The number of amides is 1. The van der Waals surface area contributed by atoms with Gasteiger partial charge >= 0.3 is 5.97 Å². The minimum absolute atomic E-state index is 0.0796. The van der Waals surface area contributed by atoms with Gasteiger partial charge in [-0.3, -0.25) is 4.79 Å². The Hall–Kier alpha value is -2.62. The summed E-state index contributed by atoms with van der Waals surface area (Å²) in [6.07, 6.45) is 1.01. The van der Waals surface area contributed by atoms with Crippen LogP contribution in [-0.4, -0.2) is 35.0 Å². The molecule has 22 heavy (non-hydrogen) atoms. The largest absolute Gasteiger partial charge is 0.478 e. The van der Waals surface area contributed by atoms with E-state index in [1.54, 1.807) is 24.0 Å². The van der Waals surface area contributed by atoms with E-state index in [1.165, 1.54) is 0 Å². The number of likely N-dealkylation sites (tertiary alicyclic amines) is 1. The molecule has 0 spiro atoms. The molecule has 1 aliphatic rings. The van der Waals surface area contributed by atoms with Crippen molar-refractivity contribution in [3.8, 4) is 11.1 Å². The number of aromatic carboxylic acids is 1. The molecule has 1 N–H and O–H groups in total. The second-order valence-electron chi connectivity index (χ2n) is 5.51. The number of rotatable bonds is 3. The van der Waals surface area contributed by atoms with Crippen molar-refractivity contribution in [2.45, 2.75) is 13.3 Å². The Labute approximate surface area is 129 Å². The van der Waals surface area contributed by atoms with Crippen molar-refractivity contribution in [1.82, 2.24) is 4.90 Å². The topological polar surface area (TPSA) is 57.6 Å². The molecule has 112 valence electrons. The summed E-state index contributed by atoms with van der Waals surface area (Å²) in [5, 5.41) is 9.43. The molecule has 2 aromatic rings. The van der Waals surface area contributed by atoms with Gasteiger partial charge in [0, 0.05) is 18.7 Å². The van der Waals surface area contributed by atoms with Crippen LogP contribution in [0.5, 0.6) is 0 Å². The zero-order valence-corrected chi connectivity index (χ0v) is 12.4. The second kappa shape index (κ2) is 5.64. The normalized spacial score (nSPS) is 13.6. The summed E-state index contributed by atoms with van der Waals surface area (Å²) in [4.78, 5) is 25.8. The average molecular weight is 295 g/mol. The molecular formula is C18H17NO3. The Balaban J connectivity index is 2.14. The molecule has 1 heterocycles. The van der Waals surface area contributed by atoms with Crippen LogP contribution in [-0.2, 0) is 0 Å². The maximum atomic E-state index is 12.5. The lowest BCUT2D eigenvalue weighted by atomic mass is 9.94. The smallest absolute Gasteiger partial charge is 0.335 e. The van der Waals surface area contributed by atoms with Crippen molar-refractivity contribution in [2.24, 2.45) is 0 Å². The average Bonchev–Trinajstić information content (AvgIpc) is 2.46. The van der Waals surface area contributed by atoms with Crippen LogP contribution in [0.25, 0.3) is 11.1 Å². The number of benzene rings is 2. The molecule has 1 amide bonds. The maximum Gasteiger partial charge on any atom is 0.335 e. The Morgan fingerprint density at radius 1 is 1.00 bits per heavy atom. The lowest BCUT2D eigenvalue weighted by Crippen LogP contribution is -2.42. The predicted octanol–water partition coefficient (Wildman–Crippen LogP) is 3.21. The van der Waals surface area contributed by atoms with Gasteiger partial charge in [-0.2, -0.15) is 0 Å². The first kappa shape index (κ1) is 14.3. The highest BCUT2D eigenvalue weighted by atomic mass is 16.4. The maximum absolute atomic E-state index is 12.5. The molecule has 2 aromatic carbocycles. The van der Waals surface area contributed by atoms with Gasteiger partial charge in [0.1, 0.15) is 0 Å². The molecule has 0 unspecified atom stereocenters. The molecule has 0 aromatic heterocycles. The zero-order valence-electron chi connectivity index (χ0n) is 12.4. The Kier molecular flexibility index (Phi) is 3.67. The SMILES string of the molecule is Cc1c(C(=O)O)cc(-c2ccccc2)cc1C(=O)N1CCC1. The summed E-state index contributed by atoms with van der Waals surface area (Å²) in [6, 6.07) is 13.0. The second-order valence-corrected chi connectivity index (χ2v) is 5.51. The number of nitrogens with zero attached hydrogens (tertiary/aromatic N) is 1. The fourth-order valence-corrected chi connectivity index (χ4v) is 2.65. The summed E-state index contributed by atoms with van der Waals surface area (Å²) >= 11 is 0. The van der Waals surface area contributed by atoms with Crippen LogP contribution in [0.1, 0.15) is 32.7 Å². The Morgan fingerprint density at radius 2 is 1.64 bits per heavy atom. The predicted molar refractivity (Wildman–Crippen MR) is 84.1 cm³/mol. The van der Waals surface area contributed by atoms with E-state index < -0.39 is 5.97 Å². The van der Waals surface area contributed by atoms with Crippen molar-refractivity contribution in [3.63, 3.8) is 0 Å². The highest BCUT2D eigenvalue weighted by Crippen LogP contribution is 2.27. The van der Waals surface area contributed by atoms with E-state index in [2.05, 4.69) is 0 Å². The molecule has 1 fully saturated rings. The summed E-state index contributed by atoms with van der Waals surface area (Å²) < 4.78 is 0. The van der Waals surface area contributed by atoms with Gasteiger partial charge in [-0.1, -0.05) is 30.3 Å². The van der Waals surface area contributed by atoms with E-state index in [1.807, 2.05) is 30.3 Å². The van der Waals surface area contributed by atoms with Crippen LogP contribution >= 0.6 is 0 Å². The Bertz CT molecular complexity index is 733. The fourth-order valence-electron chi connectivity index (χ4n) is 2.65. The van der Waals surface area contributed by atoms with Crippen molar-refractivity contribution in [2.75, 3.05) is 13.1 Å². The third kappa shape index (κ3) is 2.48. The monoisotopic (exact) mass is 295 g/mol. The van der Waals surface area contributed by atoms with E-state index in [-0.39, 0.29) is 11.5 Å². The van der Waals surface area contributed by atoms with Gasteiger partial charge in [-0.15, -0.1) is 0 Å². The van der Waals surface area contributed by atoms with Gasteiger partial charge in [0.25, 0.3) is 5.91 Å². The van der Waals surface area contributed by atoms with Gasteiger partial charge in [0.05, 0.1) is 5.56 Å². The summed E-state index contributed by atoms with van der Waals surface area (Å²) in [5.41, 5.74) is 2.86. The molecule has 1 aliphatic heterocycles.